The first-order valence-electron chi connectivity index (χ1n) is 10.6. The van der Waals surface area contributed by atoms with Crippen molar-refractivity contribution in [1.29, 1.82) is 0 Å². The monoisotopic (exact) mass is 446 g/mol. The van der Waals surface area contributed by atoms with Crippen molar-refractivity contribution in [1.82, 2.24) is 0 Å². The van der Waals surface area contributed by atoms with Crippen LogP contribution < -0.4 is 10.2 Å². The molecule has 29 heavy (non-hydrogen) atoms. The Kier molecular flexibility index (Phi) is 4.87. The molecule has 3 heteroatoms. The molecule has 0 bridgehead atoms. The van der Waals surface area contributed by atoms with E-state index in [2.05, 4.69) is 112 Å². The summed E-state index contributed by atoms with van der Waals surface area (Å²) in [5, 5.41) is 3.73. The van der Waals surface area contributed by atoms with Crippen LogP contribution in [-0.2, 0) is 5.41 Å². The molecule has 0 amide bonds. The van der Waals surface area contributed by atoms with Gasteiger partial charge in [0.1, 0.15) is 6.17 Å². The summed E-state index contributed by atoms with van der Waals surface area (Å²) in [5.41, 5.74) is 6.70. The maximum absolute atomic E-state index is 3.80. The zero-order valence-electron chi connectivity index (χ0n) is 16.8. The molecule has 148 valence electrons. The second kappa shape index (κ2) is 7.53. The van der Waals surface area contributed by atoms with Crippen molar-refractivity contribution in [2.24, 2.45) is 0 Å². The van der Waals surface area contributed by atoms with Crippen LogP contribution in [0.25, 0.3) is 0 Å². The Morgan fingerprint density at radius 1 is 0.862 bits per heavy atom. The van der Waals surface area contributed by atoms with Gasteiger partial charge in [-0.25, -0.2) is 0 Å². The fourth-order valence-corrected chi connectivity index (χ4v) is 5.30. The fourth-order valence-electron chi connectivity index (χ4n) is 4.84. The van der Waals surface area contributed by atoms with Crippen LogP contribution in [0.5, 0.6) is 0 Å². The summed E-state index contributed by atoms with van der Waals surface area (Å²) < 4.78 is 0. The van der Waals surface area contributed by atoms with Crippen LogP contribution in [0.15, 0.2) is 78.9 Å². The third-order valence-corrected chi connectivity index (χ3v) is 7.61. The van der Waals surface area contributed by atoms with Crippen LogP contribution in [0, 0.1) is 0 Å². The number of alkyl halides is 1. The minimum atomic E-state index is 0.106. The van der Waals surface area contributed by atoms with Gasteiger partial charge in [0, 0.05) is 10.5 Å². The van der Waals surface area contributed by atoms with Gasteiger partial charge in [0.05, 0.1) is 11.4 Å². The standard InChI is InChI=1S/C26H27BrN2/c1-26(17-15-21(27)16-18-26)20-13-11-19(12-14-20)25-28-23-9-5-6-10-24(23)29(25)22-7-3-2-4-8-22/h2-14,21,25,28H,15-18H2,1H3. The highest BCUT2D eigenvalue weighted by atomic mass is 79.9. The van der Waals surface area contributed by atoms with E-state index in [-0.39, 0.29) is 6.17 Å². The van der Waals surface area contributed by atoms with Crippen molar-refractivity contribution in [2.75, 3.05) is 10.2 Å². The number of halogens is 1. The van der Waals surface area contributed by atoms with Crippen molar-refractivity contribution in [3.63, 3.8) is 0 Å². The fraction of sp³-hybridized carbons (Fsp3) is 0.308. The van der Waals surface area contributed by atoms with E-state index in [4.69, 9.17) is 0 Å². The summed E-state index contributed by atoms with van der Waals surface area (Å²) in [6, 6.07) is 28.6. The predicted molar refractivity (Wildman–Crippen MR) is 126 cm³/mol. The summed E-state index contributed by atoms with van der Waals surface area (Å²) >= 11 is 3.80. The molecule has 1 aliphatic heterocycles. The van der Waals surface area contributed by atoms with Gasteiger partial charge in [-0.2, -0.15) is 0 Å². The number of fused-ring (bicyclic) bond motifs is 1. The minimum Gasteiger partial charge on any atom is -0.359 e. The Labute approximate surface area is 182 Å². The number of para-hydroxylation sites is 3. The van der Waals surface area contributed by atoms with Crippen molar-refractivity contribution in [3.8, 4) is 0 Å². The number of anilines is 3. The molecule has 1 atom stereocenters. The van der Waals surface area contributed by atoms with E-state index in [0.717, 1.165) is 0 Å². The highest BCUT2D eigenvalue weighted by Crippen LogP contribution is 2.46. The number of nitrogens with zero attached hydrogens (tertiary/aromatic N) is 1. The molecule has 2 nitrogen and oxygen atoms in total. The number of rotatable bonds is 3. The number of hydrogen-bond acceptors (Lipinski definition) is 2. The van der Waals surface area contributed by atoms with Gasteiger partial charge in [0.15, 0.2) is 0 Å². The van der Waals surface area contributed by atoms with Crippen LogP contribution in [0.2, 0.25) is 0 Å². The summed E-state index contributed by atoms with van der Waals surface area (Å²) in [4.78, 5) is 3.10. The van der Waals surface area contributed by atoms with Crippen LogP contribution in [-0.4, -0.2) is 4.83 Å². The molecule has 3 aromatic carbocycles. The highest BCUT2D eigenvalue weighted by Gasteiger charge is 2.33. The van der Waals surface area contributed by atoms with E-state index < -0.39 is 0 Å². The molecule has 0 aromatic heterocycles. The highest BCUT2D eigenvalue weighted by molar-refractivity contribution is 9.09. The van der Waals surface area contributed by atoms with Crippen LogP contribution in [0.3, 0.4) is 0 Å². The molecule has 0 radical (unpaired) electrons. The molecule has 1 N–H and O–H groups in total. The number of hydrogen-bond donors (Lipinski definition) is 1. The maximum atomic E-state index is 3.80. The van der Waals surface area contributed by atoms with Gasteiger partial charge in [-0.3, -0.25) is 0 Å². The quantitative estimate of drug-likeness (QED) is 0.417. The number of benzene rings is 3. The summed E-state index contributed by atoms with van der Waals surface area (Å²) in [6.07, 6.45) is 5.14. The first-order valence-corrected chi connectivity index (χ1v) is 11.5. The van der Waals surface area contributed by atoms with Crippen molar-refractivity contribution >= 4 is 33.0 Å². The van der Waals surface area contributed by atoms with Gasteiger partial charge in [0.2, 0.25) is 0 Å². The first kappa shape index (κ1) is 18.7. The van der Waals surface area contributed by atoms with E-state index in [9.17, 15) is 0 Å². The summed E-state index contributed by atoms with van der Waals surface area (Å²) in [7, 11) is 0. The SMILES string of the molecule is CC1(c2ccc(C3Nc4ccccc4N3c3ccccc3)cc2)CCC(Br)CC1. The van der Waals surface area contributed by atoms with Gasteiger partial charge >= 0.3 is 0 Å². The van der Waals surface area contributed by atoms with Crippen LogP contribution >= 0.6 is 15.9 Å². The normalized spacial score (nSPS) is 26.1. The molecule has 3 aromatic rings. The zero-order valence-corrected chi connectivity index (χ0v) is 18.4. The molecular formula is C26H27BrN2. The van der Waals surface area contributed by atoms with Gasteiger partial charge in [-0.15, -0.1) is 0 Å². The lowest BCUT2D eigenvalue weighted by Gasteiger charge is -2.36. The minimum absolute atomic E-state index is 0.106. The molecule has 2 aliphatic rings. The Morgan fingerprint density at radius 2 is 1.52 bits per heavy atom. The average molecular weight is 447 g/mol. The molecule has 0 saturated heterocycles. The van der Waals surface area contributed by atoms with Crippen molar-refractivity contribution in [3.05, 3.63) is 90.0 Å². The van der Waals surface area contributed by atoms with E-state index in [1.807, 2.05) is 0 Å². The average Bonchev–Trinajstić information content (AvgIpc) is 3.16. The van der Waals surface area contributed by atoms with Gasteiger partial charge in [-0.1, -0.05) is 77.5 Å². The molecule has 1 unspecified atom stereocenters. The lowest BCUT2D eigenvalue weighted by atomic mass is 9.71. The maximum Gasteiger partial charge on any atom is 0.130 e. The van der Waals surface area contributed by atoms with Crippen LogP contribution in [0.4, 0.5) is 17.1 Å². The third-order valence-electron chi connectivity index (χ3n) is 6.69. The molecule has 0 spiro atoms. The third kappa shape index (κ3) is 3.46. The predicted octanol–water partition coefficient (Wildman–Crippen LogP) is 7.54. The van der Waals surface area contributed by atoms with E-state index in [1.54, 1.807) is 0 Å². The van der Waals surface area contributed by atoms with Gasteiger partial charge in [0.25, 0.3) is 0 Å². The topological polar surface area (TPSA) is 15.3 Å². The van der Waals surface area contributed by atoms with Crippen molar-refractivity contribution in [2.45, 2.75) is 49.0 Å². The summed E-state index contributed by atoms with van der Waals surface area (Å²) in [6.45, 7) is 2.43. The molecule has 1 saturated carbocycles. The Bertz CT molecular complexity index is 975. The molecule has 1 aliphatic carbocycles. The Hall–Kier alpha value is -2.26. The lowest BCUT2D eigenvalue weighted by Crippen LogP contribution is -2.29. The molecular weight excluding hydrogens is 420 g/mol. The second-order valence-corrected chi connectivity index (χ2v) is 9.92. The first-order chi connectivity index (χ1) is 14.1. The molecule has 5 rings (SSSR count). The largest absolute Gasteiger partial charge is 0.359 e. The number of nitrogens with one attached hydrogen (secondary N) is 1. The summed E-state index contributed by atoms with van der Waals surface area (Å²) in [5.74, 6) is 0. The van der Waals surface area contributed by atoms with E-state index >= 15 is 0 Å². The van der Waals surface area contributed by atoms with Crippen LogP contribution in [0.1, 0.15) is 49.9 Å². The second-order valence-electron chi connectivity index (χ2n) is 8.63. The lowest BCUT2D eigenvalue weighted by molar-refractivity contribution is 0.328. The van der Waals surface area contributed by atoms with Gasteiger partial charge in [-0.05, 0) is 66.5 Å². The molecule has 1 heterocycles. The smallest absolute Gasteiger partial charge is 0.130 e. The zero-order chi connectivity index (χ0) is 19.8. The van der Waals surface area contributed by atoms with Gasteiger partial charge < -0.3 is 10.2 Å². The Balaban J connectivity index is 1.47. The molecule has 1 fully saturated rings. The van der Waals surface area contributed by atoms with E-state index in [1.165, 1.54) is 53.9 Å². The van der Waals surface area contributed by atoms with E-state index in [0.29, 0.717) is 10.2 Å². The Morgan fingerprint density at radius 3 is 2.24 bits per heavy atom. The van der Waals surface area contributed by atoms with Crippen molar-refractivity contribution < 1.29 is 0 Å².